The minimum absolute atomic E-state index is 0.0537. The highest BCUT2D eigenvalue weighted by Crippen LogP contribution is 2.43. The molecule has 1 N–H and O–H groups in total. The first-order valence-electron chi connectivity index (χ1n) is 10.6. The first-order valence-corrected chi connectivity index (χ1v) is 11.8. The standard InChI is InChI=1S/C26H18ClN3O4S/c1-15-28-29-26(35-15)30-22(17-6-5-9-20(14-17)34-19-7-3-2-4-8-19)21(24(32)25(30)33)23(31)16-10-12-18(27)13-11-16/h2-14,22,31H,1H3/b23-21+. The summed E-state index contributed by atoms with van der Waals surface area (Å²) in [6.45, 7) is 1.76. The third-order valence-corrected chi connectivity index (χ3v) is 6.53. The molecule has 3 aromatic carbocycles. The third kappa shape index (κ3) is 4.41. The van der Waals surface area contributed by atoms with Gasteiger partial charge < -0.3 is 9.84 Å². The largest absolute Gasteiger partial charge is 0.507 e. The number of anilines is 1. The summed E-state index contributed by atoms with van der Waals surface area (Å²) in [5.41, 5.74) is 0.880. The molecule has 0 bridgehead atoms. The zero-order chi connectivity index (χ0) is 24.5. The molecule has 1 fully saturated rings. The highest BCUT2D eigenvalue weighted by atomic mass is 35.5. The fourth-order valence-electron chi connectivity index (χ4n) is 3.86. The molecular formula is C26H18ClN3O4S. The monoisotopic (exact) mass is 503 g/mol. The molecule has 1 saturated heterocycles. The summed E-state index contributed by atoms with van der Waals surface area (Å²) in [7, 11) is 0. The van der Waals surface area contributed by atoms with Crippen LogP contribution in [0.3, 0.4) is 0 Å². The van der Waals surface area contributed by atoms with Gasteiger partial charge in [-0.05, 0) is 61.0 Å². The summed E-state index contributed by atoms with van der Waals surface area (Å²) in [6.07, 6.45) is 0. The summed E-state index contributed by atoms with van der Waals surface area (Å²) in [5.74, 6) is -0.761. The second-order valence-electron chi connectivity index (χ2n) is 7.77. The van der Waals surface area contributed by atoms with E-state index in [2.05, 4.69) is 10.2 Å². The van der Waals surface area contributed by atoms with Crippen molar-refractivity contribution in [1.82, 2.24) is 10.2 Å². The summed E-state index contributed by atoms with van der Waals surface area (Å²) in [6, 6.07) is 21.7. The number of para-hydroxylation sites is 1. The Morgan fingerprint density at radius 3 is 2.37 bits per heavy atom. The molecule has 5 rings (SSSR count). The number of rotatable bonds is 5. The number of aliphatic hydroxyl groups is 1. The van der Waals surface area contributed by atoms with Crippen LogP contribution in [0, 0.1) is 6.92 Å². The van der Waals surface area contributed by atoms with Gasteiger partial charge in [0.05, 0.1) is 11.6 Å². The Morgan fingerprint density at radius 1 is 0.971 bits per heavy atom. The summed E-state index contributed by atoms with van der Waals surface area (Å²) in [4.78, 5) is 27.7. The third-order valence-electron chi connectivity index (χ3n) is 5.44. The van der Waals surface area contributed by atoms with E-state index in [9.17, 15) is 14.7 Å². The van der Waals surface area contributed by atoms with Crippen molar-refractivity contribution in [3.63, 3.8) is 0 Å². The molecule has 0 spiro atoms. The number of hydrogen-bond acceptors (Lipinski definition) is 7. The van der Waals surface area contributed by atoms with Gasteiger partial charge in [0.1, 0.15) is 22.3 Å². The van der Waals surface area contributed by atoms with Crippen LogP contribution < -0.4 is 9.64 Å². The predicted molar refractivity (Wildman–Crippen MR) is 134 cm³/mol. The number of nitrogens with zero attached hydrogens (tertiary/aromatic N) is 3. The highest BCUT2D eigenvalue weighted by molar-refractivity contribution is 7.15. The zero-order valence-corrected chi connectivity index (χ0v) is 20.0. The summed E-state index contributed by atoms with van der Waals surface area (Å²) < 4.78 is 5.96. The molecule has 35 heavy (non-hydrogen) atoms. The van der Waals surface area contributed by atoms with E-state index in [-0.39, 0.29) is 16.5 Å². The molecule has 0 saturated carbocycles. The maximum absolute atomic E-state index is 13.2. The van der Waals surface area contributed by atoms with Crippen molar-refractivity contribution in [1.29, 1.82) is 0 Å². The van der Waals surface area contributed by atoms with Gasteiger partial charge in [-0.15, -0.1) is 10.2 Å². The van der Waals surface area contributed by atoms with Gasteiger partial charge in [-0.2, -0.15) is 0 Å². The summed E-state index contributed by atoms with van der Waals surface area (Å²) in [5, 5.41) is 20.7. The normalized spacial score (nSPS) is 17.1. The second-order valence-corrected chi connectivity index (χ2v) is 9.36. The second kappa shape index (κ2) is 9.32. The Labute approximate surface area is 209 Å². The van der Waals surface area contributed by atoms with Crippen LogP contribution in [0.25, 0.3) is 5.76 Å². The van der Waals surface area contributed by atoms with E-state index in [4.69, 9.17) is 16.3 Å². The molecule has 2 heterocycles. The SMILES string of the molecule is Cc1nnc(N2C(=O)C(=O)/C(=C(/O)c3ccc(Cl)cc3)C2c2cccc(Oc3ccccc3)c2)s1. The van der Waals surface area contributed by atoms with Crippen molar-refractivity contribution >= 4 is 45.5 Å². The van der Waals surface area contributed by atoms with E-state index >= 15 is 0 Å². The van der Waals surface area contributed by atoms with E-state index in [1.165, 1.54) is 16.2 Å². The van der Waals surface area contributed by atoms with Crippen LogP contribution in [-0.4, -0.2) is 27.0 Å². The van der Waals surface area contributed by atoms with Gasteiger partial charge in [0.2, 0.25) is 5.13 Å². The van der Waals surface area contributed by atoms with Gasteiger partial charge in [0, 0.05) is 10.6 Å². The Hall–Kier alpha value is -4.01. The van der Waals surface area contributed by atoms with Crippen molar-refractivity contribution in [3.05, 3.63) is 106 Å². The zero-order valence-electron chi connectivity index (χ0n) is 18.4. The number of aryl methyl sites for hydroxylation is 1. The minimum Gasteiger partial charge on any atom is -0.507 e. The topological polar surface area (TPSA) is 92.6 Å². The number of Topliss-reactive ketones (excluding diaryl/α,β-unsaturated/α-hetero) is 1. The molecule has 1 aliphatic heterocycles. The van der Waals surface area contributed by atoms with E-state index in [1.807, 2.05) is 30.3 Å². The number of hydrogen-bond donors (Lipinski definition) is 1. The van der Waals surface area contributed by atoms with Crippen LogP contribution in [0.15, 0.2) is 84.4 Å². The minimum atomic E-state index is -0.933. The first-order chi connectivity index (χ1) is 16.9. The average Bonchev–Trinajstić information content (AvgIpc) is 3.40. The molecular weight excluding hydrogens is 486 g/mol. The van der Waals surface area contributed by atoms with Gasteiger partial charge in [0.25, 0.3) is 5.78 Å². The number of ketones is 1. The van der Waals surface area contributed by atoms with Gasteiger partial charge in [-0.25, -0.2) is 0 Å². The fraction of sp³-hybridized carbons (Fsp3) is 0.0769. The van der Waals surface area contributed by atoms with Crippen molar-refractivity contribution in [2.75, 3.05) is 4.90 Å². The number of carbonyl (C=O) groups is 2. The number of aliphatic hydroxyl groups excluding tert-OH is 1. The first kappa shape index (κ1) is 22.8. The maximum atomic E-state index is 13.2. The highest BCUT2D eigenvalue weighted by Gasteiger charge is 2.48. The fourth-order valence-corrected chi connectivity index (χ4v) is 4.70. The molecule has 1 atom stereocenters. The smallest absolute Gasteiger partial charge is 0.301 e. The van der Waals surface area contributed by atoms with Gasteiger partial charge in [0.15, 0.2) is 0 Å². The van der Waals surface area contributed by atoms with Gasteiger partial charge >= 0.3 is 5.91 Å². The lowest BCUT2D eigenvalue weighted by atomic mass is 9.95. The molecule has 9 heteroatoms. The number of ether oxygens (including phenoxy) is 1. The lowest BCUT2D eigenvalue weighted by Gasteiger charge is -2.23. The Kier molecular flexibility index (Phi) is 6.07. The number of halogens is 1. The molecule has 0 radical (unpaired) electrons. The van der Waals surface area contributed by atoms with Gasteiger partial charge in [-0.3, -0.25) is 14.5 Å². The number of benzene rings is 3. The molecule has 1 unspecified atom stereocenters. The van der Waals surface area contributed by atoms with Crippen molar-refractivity contribution in [2.45, 2.75) is 13.0 Å². The number of carbonyl (C=O) groups excluding carboxylic acids is 2. The van der Waals surface area contributed by atoms with Crippen LogP contribution in [-0.2, 0) is 9.59 Å². The predicted octanol–water partition coefficient (Wildman–Crippen LogP) is 5.92. The average molecular weight is 504 g/mol. The number of aromatic nitrogens is 2. The molecule has 1 aliphatic rings. The van der Waals surface area contributed by atoms with E-state index in [0.717, 1.165) is 0 Å². The van der Waals surface area contributed by atoms with Crippen molar-refractivity contribution in [3.8, 4) is 11.5 Å². The molecule has 1 aromatic heterocycles. The Balaban J connectivity index is 1.65. The van der Waals surface area contributed by atoms with Gasteiger partial charge in [-0.1, -0.05) is 53.3 Å². The van der Waals surface area contributed by atoms with E-state index < -0.39 is 17.7 Å². The van der Waals surface area contributed by atoms with Crippen molar-refractivity contribution in [2.24, 2.45) is 0 Å². The summed E-state index contributed by atoms with van der Waals surface area (Å²) >= 11 is 7.17. The van der Waals surface area contributed by atoms with E-state index in [0.29, 0.717) is 32.7 Å². The maximum Gasteiger partial charge on any atom is 0.301 e. The van der Waals surface area contributed by atoms with Crippen LogP contribution in [0.2, 0.25) is 5.02 Å². The molecule has 0 aliphatic carbocycles. The van der Waals surface area contributed by atoms with Crippen LogP contribution >= 0.6 is 22.9 Å². The lowest BCUT2D eigenvalue weighted by molar-refractivity contribution is -0.132. The molecule has 174 valence electrons. The molecule has 4 aromatic rings. The Bertz CT molecular complexity index is 1450. The van der Waals surface area contributed by atoms with Crippen LogP contribution in [0.4, 0.5) is 5.13 Å². The van der Waals surface area contributed by atoms with E-state index in [1.54, 1.807) is 55.5 Å². The number of amides is 1. The molecule has 1 amide bonds. The quantitative estimate of drug-likeness (QED) is 0.206. The van der Waals surface area contributed by atoms with Crippen molar-refractivity contribution < 1.29 is 19.4 Å². The Morgan fingerprint density at radius 2 is 1.69 bits per heavy atom. The van der Waals surface area contributed by atoms with Crippen LogP contribution in [0.1, 0.15) is 22.2 Å². The molecule has 7 nitrogen and oxygen atoms in total. The van der Waals surface area contributed by atoms with Crippen LogP contribution in [0.5, 0.6) is 11.5 Å². The lowest BCUT2D eigenvalue weighted by Crippen LogP contribution is -2.29.